The molecule has 2 fully saturated rings. The standard InChI is InChI=1S/C27H33ClN8O3S/c1-40(38,39)35-10-8-21(9-11-35)33-27-31-15-19(13-29)26(34-27)20-16-32-36(17-20)24-7-6-18(12-22(24)28)14-30-23-4-2-3-5-25(23)37/h6-7,12,15-17,21,23,25,30,37H,2-5,8-11,14H2,1H3,(H,31,33,34)/t23?,25-/m1/s1. The third-order valence-electron chi connectivity index (χ3n) is 7.58. The van der Waals surface area contributed by atoms with Crippen molar-refractivity contribution in [1.29, 1.82) is 5.26 Å². The summed E-state index contributed by atoms with van der Waals surface area (Å²) in [5, 5.41) is 31.6. The number of aromatic nitrogens is 4. The first-order valence-corrected chi connectivity index (χ1v) is 15.7. The molecule has 0 spiro atoms. The van der Waals surface area contributed by atoms with Gasteiger partial charge in [0.1, 0.15) is 6.07 Å². The molecule has 2 atom stereocenters. The SMILES string of the molecule is CS(=O)(=O)N1CCC(Nc2ncc(C#N)c(-c3cnn(-c4ccc(CNC5CCCC[C@H]5O)cc4Cl)c3)n2)CC1. The summed E-state index contributed by atoms with van der Waals surface area (Å²) in [7, 11) is -3.20. The number of piperidine rings is 1. The van der Waals surface area contributed by atoms with E-state index in [4.69, 9.17) is 11.6 Å². The summed E-state index contributed by atoms with van der Waals surface area (Å²) in [6.07, 6.45) is 11.1. The highest BCUT2D eigenvalue weighted by Crippen LogP contribution is 2.27. The van der Waals surface area contributed by atoms with Gasteiger partial charge in [-0.15, -0.1) is 0 Å². The maximum Gasteiger partial charge on any atom is 0.223 e. The van der Waals surface area contributed by atoms with E-state index in [1.807, 2.05) is 18.2 Å². The van der Waals surface area contributed by atoms with Crippen LogP contribution in [0.3, 0.4) is 0 Å². The van der Waals surface area contributed by atoms with Gasteiger partial charge in [-0.3, -0.25) is 0 Å². The van der Waals surface area contributed by atoms with Crippen LogP contribution in [0.15, 0.2) is 36.8 Å². The van der Waals surface area contributed by atoms with Crippen LogP contribution in [0.25, 0.3) is 16.9 Å². The highest BCUT2D eigenvalue weighted by molar-refractivity contribution is 7.88. The lowest BCUT2D eigenvalue weighted by Crippen LogP contribution is -2.42. The fourth-order valence-electron chi connectivity index (χ4n) is 5.29. The van der Waals surface area contributed by atoms with Gasteiger partial charge in [0.25, 0.3) is 0 Å². The molecule has 1 saturated carbocycles. The first-order chi connectivity index (χ1) is 19.2. The van der Waals surface area contributed by atoms with E-state index >= 15 is 0 Å². The number of hydrogen-bond donors (Lipinski definition) is 3. The van der Waals surface area contributed by atoms with Crippen LogP contribution in [-0.4, -0.2) is 75.1 Å². The molecule has 1 aromatic carbocycles. The summed E-state index contributed by atoms with van der Waals surface area (Å²) in [6.45, 7) is 1.48. The zero-order valence-electron chi connectivity index (χ0n) is 22.3. The lowest BCUT2D eigenvalue weighted by atomic mass is 9.92. The summed E-state index contributed by atoms with van der Waals surface area (Å²) in [6, 6.07) is 8.04. The molecule has 2 aromatic heterocycles. The molecule has 5 rings (SSSR count). The van der Waals surface area contributed by atoms with Crippen LogP contribution < -0.4 is 10.6 Å². The number of anilines is 1. The molecule has 13 heteroatoms. The van der Waals surface area contributed by atoms with Crippen LogP contribution >= 0.6 is 11.6 Å². The number of benzene rings is 1. The van der Waals surface area contributed by atoms with Crippen LogP contribution in [0.2, 0.25) is 5.02 Å². The van der Waals surface area contributed by atoms with Gasteiger partial charge in [-0.25, -0.2) is 27.4 Å². The van der Waals surface area contributed by atoms with Crippen molar-refractivity contribution in [1.82, 2.24) is 29.4 Å². The van der Waals surface area contributed by atoms with E-state index in [9.17, 15) is 18.8 Å². The Morgan fingerprint density at radius 3 is 2.65 bits per heavy atom. The second-order valence-corrected chi connectivity index (χ2v) is 12.8. The molecule has 1 unspecified atom stereocenters. The number of nitrogens with one attached hydrogen (secondary N) is 2. The van der Waals surface area contributed by atoms with Crippen LogP contribution in [0.1, 0.15) is 49.7 Å². The Kier molecular flexibility index (Phi) is 8.68. The van der Waals surface area contributed by atoms with Crippen molar-refractivity contribution >= 4 is 27.6 Å². The predicted octanol–water partition coefficient (Wildman–Crippen LogP) is 3.08. The van der Waals surface area contributed by atoms with Crippen molar-refractivity contribution in [3.63, 3.8) is 0 Å². The number of hydrogen-bond acceptors (Lipinski definition) is 9. The van der Waals surface area contributed by atoms with Gasteiger partial charge in [-0.05, 0) is 43.4 Å². The number of halogens is 1. The molecule has 0 amide bonds. The van der Waals surface area contributed by atoms with E-state index in [-0.39, 0.29) is 18.2 Å². The molecule has 1 aliphatic heterocycles. The van der Waals surface area contributed by atoms with Crippen LogP contribution in [-0.2, 0) is 16.6 Å². The fourth-order valence-corrected chi connectivity index (χ4v) is 6.45. The average Bonchev–Trinajstić information content (AvgIpc) is 3.42. The maximum atomic E-state index is 11.8. The van der Waals surface area contributed by atoms with E-state index in [0.29, 0.717) is 66.0 Å². The van der Waals surface area contributed by atoms with Gasteiger partial charge in [-0.2, -0.15) is 10.4 Å². The number of aliphatic hydroxyl groups is 1. The van der Waals surface area contributed by atoms with Crippen molar-refractivity contribution in [2.45, 2.75) is 63.3 Å². The van der Waals surface area contributed by atoms with Gasteiger partial charge in [0.05, 0.1) is 46.7 Å². The Balaban J connectivity index is 1.28. The molecule has 2 aliphatic rings. The molecule has 3 aromatic rings. The van der Waals surface area contributed by atoms with Crippen molar-refractivity contribution in [2.24, 2.45) is 0 Å². The third kappa shape index (κ3) is 6.62. The molecule has 1 saturated heterocycles. The number of aliphatic hydroxyl groups excluding tert-OH is 1. The average molecular weight is 585 g/mol. The second kappa shape index (κ2) is 12.2. The minimum atomic E-state index is -3.20. The Morgan fingerprint density at radius 2 is 1.95 bits per heavy atom. The van der Waals surface area contributed by atoms with Gasteiger partial charge in [-0.1, -0.05) is 30.5 Å². The largest absolute Gasteiger partial charge is 0.392 e. The molecule has 11 nitrogen and oxygen atoms in total. The summed E-state index contributed by atoms with van der Waals surface area (Å²) >= 11 is 6.63. The molecule has 0 radical (unpaired) electrons. The lowest BCUT2D eigenvalue weighted by molar-refractivity contribution is 0.0902. The zero-order valence-corrected chi connectivity index (χ0v) is 23.9. The van der Waals surface area contributed by atoms with E-state index < -0.39 is 10.0 Å². The van der Waals surface area contributed by atoms with Gasteiger partial charge in [0.2, 0.25) is 16.0 Å². The van der Waals surface area contributed by atoms with Crippen molar-refractivity contribution in [2.75, 3.05) is 24.7 Å². The topological polar surface area (TPSA) is 149 Å². The van der Waals surface area contributed by atoms with Crippen molar-refractivity contribution in [3.8, 4) is 23.0 Å². The summed E-state index contributed by atoms with van der Waals surface area (Å²) in [4.78, 5) is 8.90. The predicted molar refractivity (Wildman–Crippen MR) is 152 cm³/mol. The van der Waals surface area contributed by atoms with Crippen LogP contribution in [0.5, 0.6) is 0 Å². The number of sulfonamides is 1. The van der Waals surface area contributed by atoms with Crippen LogP contribution in [0.4, 0.5) is 5.95 Å². The molecule has 0 bridgehead atoms. The Hall–Kier alpha value is -3.08. The number of nitriles is 1. The van der Waals surface area contributed by atoms with Crippen molar-refractivity contribution < 1.29 is 13.5 Å². The molecular formula is C27H33ClN8O3S. The summed E-state index contributed by atoms with van der Waals surface area (Å²) < 4.78 is 26.7. The van der Waals surface area contributed by atoms with E-state index in [1.54, 1.807) is 17.1 Å². The Morgan fingerprint density at radius 1 is 1.18 bits per heavy atom. The molecule has 3 heterocycles. The first kappa shape index (κ1) is 28.4. The number of nitrogens with zero attached hydrogens (tertiary/aromatic N) is 6. The summed E-state index contributed by atoms with van der Waals surface area (Å²) in [5.74, 6) is 0.373. The highest BCUT2D eigenvalue weighted by Gasteiger charge is 2.26. The maximum absolute atomic E-state index is 11.8. The van der Waals surface area contributed by atoms with Gasteiger partial charge in [0, 0.05) is 43.5 Å². The Labute approximate surface area is 239 Å². The Bertz CT molecular complexity index is 1500. The quantitative estimate of drug-likeness (QED) is 0.363. The highest BCUT2D eigenvalue weighted by atomic mass is 35.5. The summed E-state index contributed by atoms with van der Waals surface area (Å²) in [5.41, 5.74) is 3.11. The molecule has 3 N–H and O–H groups in total. The van der Waals surface area contributed by atoms with Gasteiger partial charge >= 0.3 is 0 Å². The van der Waals surface area contributed by atoms with E-state index in [1.165, 1.54) is 16.8 Å². The number of rotatable bonds is 8. The monoisotopic (exact) mass is 584 g/mol. The molecule has 40 heavy (non-hydrogen) atoms. The van der Waals surface area contributed by atoms with Crippen LogP contribution in [0, 0.1) is 11.3 Å². The molecule has 1 aliphatic carbocycles. The van der Waals surface area contributed by atoms with Gasteiger partial charge < -0.3 is 15.7 Å². The van der Waals surface area contributed by atoms with Gasteiger partial charge in [0.15, 0.2) is 0 Å². The normalized spacial score (nSPS) is 20.8. The van der Waals surface area contributed by atoms with E-state index in [2.05, 4.69) is 31.8 Å². The molecule has 212 valence electrons. The lowest BCUT2D eigenvalue weighted by Gasteiger charge is -2.30. The zero-order chi connectivity index (χ0) is 28.3. The van der Waals surface area contributed by atoms with E-state index in [0.717, 1.165) is 31.2 Å². The fraction of sp³-hybridized carbons (Fsp3) is 0.481. The second-order valence-electron chi connectivity index (χ2n) is 10.4. The van der Waals surface area contributed by atoms with Crippen molar-refractivity contribution in [3.05, 3.63) is 52.9 Å². The first-order valence-electron chi connectivity index (χ1n) is 13.5. The smallest absolute Gasteiger partial charge is 0.223 e. The minimum Gasteiger partial charge on any atom is -0.392 e. The minimum absolute atomic E-state index is 0.0229. The molecular weight excluding hydrogens is 552 g/mol. The third-order valence-corrected chi connectivity index (χ3v) is 9.18.